The van der Waals surface area contributed by atoms with Crippen molar-refractivity contribution in [2.75, 3.05) is 0 Å². The van der Waals surface area contributed by atoms with Gasteiger partial charge in [-0.15, -0.1) is 0 Å². The van der Waals surface area contributed by atoms with E-state index in [-0.39, 0.29) is 29.4 Å². The van der Waals surface area contributed by atoms with Crippen molar-refractivity contribution in [3.63, 3.8) is 0 Å². The van der Waals surface area contributed by atoms with Crippen molar-refractivity contribution in [3.05, 3.63) is 59.7 Å². The van der Waals surface area contributed by atoms with E-state index in [1.165, 1.54) is 18.2 Å². The summed E-state index contributed by atoms with van der Waals surface area (Å²) in [6, 6.07) is 0. The maximum Gasteiger partial charge on any atom is 0.182 e. The second kappa shape index (κ2) is 5.60. The van der Waals surface area contributed by atoms with Crippen LogP contribution in [0.1, 0.15) is 6.42 Å². The van der Waals surface area contributed by atoms with Crippen molar-refractivity contribution in [3.8, 4) is 0 Å². The molecule has 0 aromatic heterocycles. The molecule has 84 valence electrons. The molecule has 0 bridgehead atoms. The minimum Gasteiger partial charge on any atom is -0.506 e. The van der Waals surface area contributed by atoms with E-state index < -0.39 is 0 Å². The van der Waals surface area contributed by atoms with E-state index in [9.17, 15) is 9.90 Å². The molecule has 0 radical (unpaired) electrons. The number of Topliss-reactive ketones (excluding diaryl/α,β-unsaturated/α-hetero) is 1. The van der Waals surface area contributed by atoms with Crippen LogP contribution in [-0.2, 0) is 4.79 Å². The van der Waals surface area contributed by atoms with E-state index in [4.69, 9.17) is 11.5 Å². The van der Waals surface area contributed by atoms with Gasteiger partial charge in [-0.25, -0.2) is 0 Å². The van der Waals surface area contributed by atoms with Crippen molar-refractivity contribution in [2.45, 2.75) is 6.42 Å². The lowest BCUT2D eigenvalue weighted by Gasteiger charge is -1.98. The van der Waals surface area contributed by atoms with E-state index in [1.54, 1.807) is 24.3 Å². The number of rotatable bonds is 0. The summed E-state index contributed by atoms with van der Waals surface area (Å²) in [6.45, 7) is 0. The molecule has 5 N–H and O–H groups in total. The Hall–Kier alpha value is -2.23. The fraction of sp³-hybridized carbons (Fsp3) is 0.0833. The molecular weight excluding hydrogens is 204 g/mol. The van der Waals surface area contributed by atoms with Crippen LogP contribution in [0.4, 0.5) is 0 Å². The Bertz CT molecular complexity index is 426. The smallest absolute Gasteiger partial charge is 0.182 e. The van der Waals surface area contributed by atoms with E-state index >= 15 is 0 Å². The number of nitrogens with two attached hydrogens (primary N) is 2. The summed E-state index contributed by atoms with van der Waals surface area (Å²) < 4.78 is 0. The van der Waals surface area contributed by atoms with Crippen LogP contribution in [0.5, 0.6) is 0 Å². The topological polar surface area (TPSA) is 89.3 Å². The molecule has 0 unspecified atom stereocenters. The van der Waals surface area contributed by atoms with Crippen molar-refractivity contribution >= 4 is 5.78 Å². The number of allylic oxidation sites excluding steroid dienone is 8. The highest BCUT2D eigenvalue weighted by Gasteiger charge is 2.01. The van der Waals surface area contributed by atoms with Gasteiger partial charge in [0.2, 0.25) is 0 Å². The summed E-state index contributed by atoms with van der Waals surface area (Å²) in [7, 11) is 0. The lowest BCUT2D eigenvalue weighted by molar-refractivity contribution is -0.114. The minimum atomic E-state index is -0.151. The molecule has 16 heavy (non-hydrogen) atoms. The average Bonchev–Trinajstić information content (AvgIpc) is 2.27. The zero-order valence-corrected chi connectivity index (χ0v) is 8.76. The first-order chi connectivity index (χ1) is 7.61. The SMILES string of the molecule is N/C1=C/C=C\C=C(O)\C(N)=C/C=C\CC1=O. The predicted molar refractivity (Wildman–Crippen MR) is 63.2 cm³/mol. The van der Waals surface area contributed by atoms with E-state index in [0.29, 0.717) is 0 Å². The first-order valence-electron chi connectivity index (χ1n) is 4.80. The Morgan fingerprint density at radius 2 is 1.62 bits per heavy atom. The highest BCUT2D eigenvalue weighted by molar-refractivity contribution is 5.95. The normalized spacial score (nSPS) is 31.8. The molecule has 1 aliphatic carbocycles. The standard InChI is InChI=1S/C12H14N2O2/c13-9-5-1-3-7-11(15)10(14)6-2-4-8-12(9)16/h1-7,15H,8,13-14H2/b3-1-,4-2-,9-5+,10-6+,11-7-. The van der Waals surface area contributed by atoms with Crippen LogP contribution in [0, 0.1) is 0 Å². The van der Waals surface area contributed by atoms with Gasteiger partial charge in [0.25, 0.3) is 0 Å². The maximum absolute atomic E-state index is 11.4. The van der Waals surface area contributed by atoms with Crippen molar-refractivity contribution in [1.82, 2.24) is 0 Å². The largest absolute Gasteiger partial charge is 0.506 e. The van der Waals surface area contributed by atoms with Crippen LogP contribution in [-0.4, -0.2) is 10.9 Å². The number of carbonyl (C=O) groups is 1. The van der Waals surface area contributed by atoms with Crippen LogP contribution in [0.15, 0.2) is 59.7 Å². The highest BCUT2D eigenvalue weighted by atomic mass is 16.3. The molecule has 0 aromatic rings. The zero-order chi connectivity index (χ0) is 12.0. The second-order valence-corrected chi connectivity index (χ2v) is 3.24. The Balaban J connectivity index is 3.02. The summed E-state index contributed by atoms with van der Waals surface area (Å²) in [5, 5.41) is 9.44. The van der Waals surface area contributed by atoms with Gasteiger partial charge in [-0.2, -0.15) is 0 Å². The molecule has 0 saturated heterocycles. The lowest BCUT2D eigenvalue weighted by Crippen LogP contribution is -2.09. The number of carbonyl (C=O) groups excluding carboxylic acids is 1. The Morgan fingerprint density at radius 1 is 1.00 bits per heavy atom. The fourth-order valence-corrected chi connectivity index (χ4v) is 1.05. The average molecular weight is 218 g/mol. The third kappa shape index (κ3) is 3.49. The molecule has 0 aliphatic heterocycles. The summed E-state index contributed by atoms with van der Waals surface area (Å²) in [6.07, 6.45) is 11.0. The van der Waals surface area contributed by atoms with Gasteiger partial charge in [0.05, 0.1) is 11.4 Å². The van der Waals surface area contributed by atoms with E-state index in [0.717, 1.165) is 0 Å². The molecule has 0 aromatic carbocycles. The predicted octanol–water partition coefficient (Wildman–Crippen LogP) is 1.20. The van der Waals surface area contributed by atoms with Gasteiger partial charge in [0, 0.05) is 6.42 Å². The molecule has 1 aliphatic rings. The molecule has 0 saturated carbocycles. The fourth-order valence-electron chi connectivity index (χ4n) is 1.05. The molecule has 0 fully saturated rings. The lowest BCUT2D eigenvalue weighted by atomic mass is 10.2. The summed E-state index contributed by atoms with van der Waals surface area (Å²) in [4.78, 5) is 11.4. The Kier molecular flexibility index (Phi) is 4.15. The maximum atomic E-state index is 11.4. The van der Waals surface area contributed by atoms with E-state index in [2.05, 4.69) is 0 Å². The summed E-state index contributed by atoms with van der Waals surface area (Å²) in [5.74, 6) is -0.179. The van der Waals surface area contributed by atoms with Gasteiger partial charge in [-0.1, -0.05) is 24.3 Å². The number of aliphatic hydroxyl groups is 1. The summed E-state index contributed by atoms with van der Waals surface area (Å²) >= 11 is 0. The minimum absolute atomic E-state index is 0.0280. The quantitative estimate of drug-likeness (QED) is 0.570. The van der Waals surface area contributed by atoms with Gasteiger partial charge in [-0.05, 0) is 18.2 Å². The van der Waals surface area contributed by atoms with Crippen LogP contribution in [0.2, 0.25) is 0 Å². The van der Waals surface area contributed by atoms with Crippen LogP contribution < -0.4 is 11.5 Å². The third-order valence-electron chi connectivity index (χ3n) is 1.97. The molecule has 4 heteroatoms. The van der Waals surface area contributed by atoms with Crippen molar-refractivity contribution in [1.29, 1.82) is 0 Å². The second-order valence-electron chi connectivity index (χ2n) is 3.24. The van der Waals surface area contributed by atoms with E-state index in [1.807, 2.05) is 0 Å². The van der Waals surface area contributed by atoms with Crippen LogP contribution in [0.25, 0.3) is 0 Å². The van der Waals surface area contributed by atoms with Gasteiger partial charge >= 0.3 is 0 Å². The molecular formula is C12H14N2O2. The molecule has 0 heterocycles. The number of aliphatic hydroxyl groups excluding tert-OH is 1. The molecule has 1 rings (SSSR count). The number of ketones is 1. The molecule has 4 nitrogen and oxygen atoms in total. The van der Waals surface area contributed by atoms with Crippen molar-refractivity contribution in [2.24, 2.45) is 11.5 Å². The Labute approximate surface area is 93.9 Å². The first-order valence-corrected chi connectivity index (χ1v) is 4.80. The van der Waals surface area contributed by atoms with Gasteiger partial charge < -0.3 is 16.6 Å². The monoisotopic (exact) mass is 218 g/mol. The Morgan fingerprint density at radius 3 is 2.38 bits per heavy atom. The van der Waals surface area contributed by atoms with Crippen molar-refractivity contribution < 1.29 is 9.90 Å². The van der Waals surface area contributed by atoms with Gasteiger partial charge in [0.15, 0.2) is 5.78 Å². The summed E-state index contributed by atoms with van der Waals surface area (Å²) in [5.41, 5.74) is 11.5. The van der Waals surface area contributed by atoms with Gasteiger partial charge in [-0.3, -0.25) is 4.79 Å². The van der Waals surface area contributed by atoms with Crippen LogP contribution in [0.3, 0.4) is 0 Å². The number of hydrogen-bond acceptors (Lipinski definition) is 4. The number of hydrogen-bond donors (Lipinski definition) is 3. The zero-order valence-electron chi connectivity index (χ0n) is 8.76. The molecule has 0 spiro atoms. The van der Waals surface area contributed by atoms with Gasteiger partial charge in [0.1, 0.15) is 5.76 Å². The third-order valence-corrected chi connectivity index (χ3v) is 1.97. The van der Waals surface area contributed by atoms with Crippen LogP contribution >= 0.6 is 0 Å². The molecule has 0 atom stereocenters. The molecule has 0 amide bonds. The first kappa shape index (κ1) is 11.8. The highest BCUT2D eigenvalue weighted by Crippen LogP contribution is 2.03.